The smallest absolute Gasteiger partial charge is 0.169 e. The maximum atomic E-state index is 9.38. The lowest BCUT2D eigenvalue weighted by atomic mass is 10.0. The second kappa shape index (κ2) is 3.92. The van der Waals surface area contributed by atoms with Gasteiger partial charge in [0.2, 0.25) is 0 Å². The summed E-state index contributed by atoms with van der Waals surface area (Å²) in [7, 11) is 1.52. The second-order valence-corrected chi connectivity index (χ2v) is 2.72. The molecular weight excluding hydrogens is 166 g/mol. The maximum absolute atomic E-state index is 9.38. The van der Waals surface area contributed by atoms with Crippen LogP contribution in [0.1, 0.15) is 17.2 Å². The van der Waals surface area contributed by atoms with E-state index in [1.165, 1.54) is 7.11 Å². The van der Waals surface area contributed by atoms with Gasteiger partial charge in [0.25, 0.3) is 0 Å². The Hall–Kier alpha value is -1.53. The van der Waals surface area contributed by atoms with Gasteiger partial charge in [-0.15, -0.1) is 0 Å². The Morgan fingerprint density at radius 2 is 2.23 bits per heavy atom. The molecule has 0 aromatic heterocycles. The molecule has 0 radical (unpaired) electrons. The third-order valence-electron chi connectivity index (χ3n) is 1.90. The van der Waals surface area contributed by atoms with Crippen molar-refractivity contribution < 1.29 is 9.84 Å². The van der Waals surface area contributed by atoms with Crippen molar-refractivity contribution in [3.8, 4) is 11.8 Å². The van der Waals surface area contributed by atoms with Crippen LogP contribution in [0.5, 0.6) is 5.75 Å². The average Bonchev–Trinajstić information content (AvgIpc) is 2.16. The zero-order valence-electron chi connectivity index (χ0n) is 7.61. The molecule has 0 saturated heterocycles. The molecule has 0 spiro atoms. The average molecular weight is 177 g/mol. The van der Waals surface area contributed by atoms with Gasteiger partial charge in [-0.05, 0) is 18.6 Å². The Balaban J connectivity index is 3.24. The molecule has 1 rings (SSSR count). The molecule has 68 valence electrons. The minimum Gasteiger partial charge on any atom is -0.496 e. The second-order valence-electron chi connectivity index (χ2n) is 2.72. The Kier molecular flexibility index (Phi) is 2.88. The lowest BCUT2D eigenvalue weighted by molar-refractivity contribution is 0.229. The van der Waals surface area contributed by atoms with Crippen LogP contribution in [0.4, 0.5) is 0 Å². The highest BCUT2D eigenvalue weighted by atomic mass is 16.5. The van der Waals surface area contributed by atoms with Crippen LogP contribution in [-0.2, 0) is 0 Å². The van der Waals surface area contributed by atoms with E-state index in [2.05, 4.69) is 0 Å². The minimum atomic E-state index is -1.11. The van der Waals surface area contributed by atoms with E-state index in [0.29, 0.717) is 11.3 Å². The first-order valence-corrected chi connectivity index (χ1v) is 3.92. The van der Waals surface area contributed by atoms with Crippen molar-refractivity contribution in [1.29, 1.82) is 5.26 Å². The fourth-order valence-electron chi connectivity index (χ4n) is 1.25. The van der Waals surface area contributed by atoms with Gasteiger partial charge in [0.05, 0.1) is 13.2 Å². The van der Waals surface area contributed by atoms with Crippen LogP contribution in [0.25, 0.3) is 0 Å². The topological polar surface area (TPSA) is 53.2 Å². The molecule has 0 saturated carbocycles. The Labute approximate surface area is 77.2 Å². The third-order valence-corrected chi connectivity index (χ3v) is 1.90. The van der Waals surface area contributed by atoms with Gasteiger partial charge in [0, 0.05) is 5.56 Å². The first-order valence-electron chi connectivity index (χ1n) is 3.92. The van der Waals surface area contributed by atoms with E-state index in [4.69, 9.17) is 10.00 Å². The third kappa shape index (κ3) is 1.79. The van der Waals surface area contributed by atoms with E-state index in [1.807, 2.05) is 19.1 Å². The SMILES string of the molecule is COc1cccc(C)c1C(O)C#N. The van der Waals surface area contributed by atoms with Crippen molar-refractivity contribution in [3.05, 3.63) is 29.3 Å². The van der Waals surface area contributed by atoms with E-state index in [1.54, 1.807) is 12.1 Å². The van der Waals surface area contributed by atoms with E-state index in [-0.39, 0.29) is 0 Å². The van der Waals surface area contributed by atoms with Crippen LogP contribution in [0.15, 0.2) is 18.2 Å². The molecule has 0 aliphatic rings. The molecule has 1 N–H and O–H groups in total. The number of hydrogen-bond donors (Lipinski definition) is 1. The van der Waals surface area contributed by atoms with Crippen molar-refractivity contribution >= 4 is 0 Å². The number of aliphatic hydroxyl groups excluding tert-OH is 1. The van der Waals surface area contributed by atoms with E-state index in [0.717, 1.165) is 5.56 Å². The number of ether oxygens (including phenoxy) is 1. The molecule has 0 heterocycles. The van der Waals surface area contributed by atoms with E-state index >= 15 is 0 Å². The van der Waals surface area contributed by atoms with Crippen molar-refractivity contribution in [2.24, 2.45) is 0 Å². The quantitative estimate of drug-likeness (QED) is 0.697. The molecule has 1 aromatic rings. The number of hydrogen-bond acceptors (Lipinski definition) is 3. The van der Waals surface area contributed by atoms with Crippen molar-refractivity contribution in [2.45, 2.75) is 13.0 Å². The van der Waals surface area contributed by atoms with Crippen molar-refractivity contribution in [2.75, 3.05) is 7.11 Å². The molecule has 0 fully saturated rings. The van der Waals surface area contributed by atoms with Gasteiger partial charge < -0.3 is 9.84 Å². The Morgan fingerprint density at radius 1 is 1.54 bits per heavy atom. The molecular formula is C10H11NO2. The van der Waals surface area contributed by atoms with Crippen LogP contribution < -0.4 is 4.74 Å². The van der Waals surface area contributed by atoms with Crippen molar-refractivity contribution in [3.63, 3.8) is 0 Å². The molecule has 3 heteroatoms. The number of nitriles is 1. The molecule has 13 heavy (non-hydrogen) atoms. The van der Waals surface area contributed by atoms with Crippen LogP contribution in [-0.4, -0.2) is 12.2 Å². The summed E-state index contributed by atoms with van der Waals surface area (Å²) in [6.45, 7) is 1.83. The molecule has 0 bridgehead atoms. The number of aliphatic hydroxyl groups is 1. The number of benzene rings is 1. The maximum Gasteiger partial charge on any atom is 0.169 e. The highest BCUT2D eigenvalue weighted by Gasteiger charge is 2.14. The highest BCUT2D eigenvalue weighted by molar-refractivity contribution is 5.43. The van der Waals surface area contributed by atoms with Gasteiger partial charge in [-0.2, -0.15) is 5.26 Å². The monoisotopic (exact) mass is 177 g/mol. The van der Waals surface area contributed by atoms with Gasteiger partial charge in [-0.1, -0.05) is 12.1 Å². The van der Waals surface area contributed by atoms with Crippen LogP contribution in [0.3, 0.4) is 0 Å². The molecule has 0 aliphatic heterocycles. The minimum absolute atomic E-state index is 0.549. The summed E-state index contributed by atoms with van der Waals surface area (Å²) in [4.78, 5) is 0. The molecule has 1 aromatic carbocycles. The zero-order chi connectivity index (χ0) is 9.84. The predicted molar refractivity (Wildman–Crippen MR) is 48.3 cm³/mol. The van der Waals surface area contributed by atoms with E-state index < -0.39 is 6.10 Å². The first kappa shape index (κ1) is 9.56. The van der Waals surface area contributed by atoms with E-state index in [9.17, 15) is 5.11 Å². The fraction of sp³-hybridized carbons (Fsp3) is 0.300. The zero-order valence-corrected chi connectivity index (χ0v) is 7.61. The summed E-state index contributed by atoms with van der Waals surface area (Å²) in [6.07, 6.45) is -1.11. The van der Waals surface area contributed by atoms with Crippen LogP contribution in [0, 0.1) is 18.3 Å². The van der Waals surface area contributed by atoms with Gasteiger partial charge in [0.1, 0.15) is 5.75 Å². The molecule has 0 aliphatic carbocycles. The summed E-state index contributed by atoms with van der Waals surface area (Å²) in [6, 6.07) is 7.15. The highest BCUT2D eigenvalue weighted by Crippen LogP contribution is 2.27. The standard InChI is InChI=1S/C10H11NO2/c1-7-4-3-5-9(13-2)10(7)8(12)6-11/h3-5,8,12H,1-2H3. The number of aryl methyl sites for hydroxylation is 1. The number of rotatable bonds is 2. The van der Waals surface area contributed by atoms with Gasteiger partial charge in [-0.3, -0.25) is 0 Å². The summed E-state index contributed by atoms with van der Waals surface area (Å²) >= 11 is 0. The Morgan fingerprint density at radius 3 is 2.77 bits per heavy atom. The fourth-order valence-corrected chi connectivity index (χ4v) is 1.25. The summed E-state index contributed by atoms with van der Waals surface area (Å²) in [5.74, 6) is 0.550. The molecule has 1 unspecified atom stereocenters. The number of methoxy groups -OCH3 is 1. The Bertz CT molecular complexity index is 341. The van der Waals surface area contributed by atoms with Gasteiger partial charge in [-0.25, -0.2) is 0 Å². The molecule has 0 amide bonds. The summed E-state index contributed by atoms with van der Waals surface area (Å²) in [5, 5.41) is 18.0. The lowest BCUT2D eigenvalue weighted by Gasteiger charge is -2.11. The normalized spacial score (nSPS) is 11.8. The number of nitrogens with zero attached hydrogens (tertiary/aromatic N) is 1. The van der Waals surface area contributed by atoms with Crippen molar-refractivity contribution in [1.82, 2.24) is 0 Å². The first-order chi connectivity index (χ1) is 6.20. The molecule has 1 atom stereocenters. The lowest BCUT2D eigenvalue weighted by Crippen LogP contribution is -2.00. The largest absolute Gasteiger partial charge is 0.496 e. The summed E-state index contributed by atoms with van der Waals surface area (Å²) in [5.41, 5.74) is 1.40. The van der Waals surface area contributed by atoms with Crippen LogP contribution in [0.2, 0.25) is 0 Å². The van der Waals surface area contributed by atoms with Crippen LogP contribution >= 0.6 is 0 Å². The molecule has 3 nitrogen and oxygen atoms in total. The summed E-state index contributed by atoms with van der Waals surface area (Å²) < 4.78 is 5.04. The predicted octanol–water partition coefficient (Wildman–Crippen LogP) is 1.56. The van der Waals surface area contributed by atoms with Gasteiger partial charge >= 0.3 is 0 Å². The van der Waals surface area contributed by atoms with Gasteiger partial charge in [0.15, 0.2) is 6.10 Å².